The lowest BCUT2D eigenvalue weighted by atomic mass is 10.4. The largest absolute Gasteiger partial charge is 0.389 e. The van der Waals surface area contributed by atoms with Crippen molar-refractivity contribution in [2.75, 3.05) is 25.1 Å². The molecular formula is C10H17N3OS2. The zero-order valence-corrected chi connectivity index (χ0v) is 11.5. The van der Waals surface area contributed by atoms with Gasteiger partial charge in [0.2, 0.25) is 0 Å². The van der Waals surface area contributed by atoms with E-state index in [1.54, 1.807) is 7.11 Å². The van der Waals surface area contributed by atoms with Gasteiger partial charge in [0.15, 0.2) is 5.13 Å². The molecular weight excluding hydrogens is 242 g/mol. The highest BCUT2D eigenvalue weighted by molar-refractivity contribution is 7.81. The van der Waals surface area contributed by atoms with Crippen molar-refractivity contribution >= 4 is 33.7 Å². The molecule has 0 aromatic carbocycles. The standard InChI is InChI=1S/C10H17N3OS2/c1-4-13(5-2)10-12-7(6-14-3)8(16-10)9(11)15/h4-6H2,1-3H3,(H2,11,15). The molecule has 0 fully saturated rings. The molecule has 1 rings (SSSR count). The lowest BCUT2D eigenvalue weighted by molar-refractivity contribution is 0.182. The van der Waals surface area contributed by atoms with Gasteiger partial charge in [-0.1, -0.05) is 23.6 Å². The minimum Gasteiger partial charge on any atom is -0.389 e. The summed E-state index contributed by atoms with van der Waals surface area (Å²) in [6.07, 6.45) is 0. The molecule has 1 aromatic heterocycles. The van der Waals surface area contributed by atoms with Crippen LogP contribution in [0.4, 0.5) is 5.13 Å². The monoisotopic (exact) mass is 259 g/mol. The summed E-state index contributed by atoms with van der Waals surface area (Å²) < 4.78 is 5.09. The van der Waals surface area contributed by atoms with Crippen LogP contribution in [0.15, 0.2) is 0 Å². The molecule has 0 aliphatic heterocycles. The highest BCUT2D eigenvalue weighted by Crippen LogP contribution is 2.26. The fraction of sp³-hybridized carbons (Fsp3) is 0.600. The van der Waals surface area contributed by atoms with Crippen LogP contribution in [0.2, 0.25) is 0 Å². The summed E-state index contributed by atoms with van der Waals surface area (Å²) in [6.45, 7) is 6.49. The number of methoxy groups -OCH3 is 1. The van der Waals surface area contributed by atoms with E-state index >= 15 is 0 Å². The molecule has 1 aromatic rings. The molecule has 0 bridgehead atoms. The van der Waals surface area contributed by atoms with Gasteiger partial charge < -0.3 is 15.4 Å². The second-order valence-corrected chi connectivity index (χ2v) is 4.66. The summed E-state index contributed by atoms with van der Waals surface area (Å²) in [5.41, 5.74) is 6.50. The van der Waals surface area contributed by atoms with Gasteiger partial charge in [-0.3, -0.25) is 0 Å². The van der Waals surface area contributed by atoms with E-state index in [9.17, 15) is 0 Å². The van der Waals surface area contributed by atoms with Crippen molar-refractivity contribution in [3.05, 3.63) is 10.6 Å². The minimum atomic E-state index is 0.392. The van der Waals surface area contributed by atoms with Gasteiger partial charge in [-0.25, -0.2) is 4.98 Å². The van der Waals surface area contributed by atoms with Crippen LogP contribution >= 0.6 is 23.6 Å². The number of thiocarbonyl (C=S) groups is 1. The summed E-state index contributed by atoms with van der Waals surface area (Å²) >= 11 is 6.54. The highest BCUT2D eigenvalue weighted by atomic mass is 32.1. The summed E-state index contributed by atoms with van der Waals surface area (Å²) in [6, 6.07) is 0. The number of ether oxygens (including phenoxy) is 1. The zero-order valence-electron chi connectivity index (χ0n) is 9.82. The Morgan fingerprint density at radius 3 is 2.56 bits per heavy atom. The van der Waals surface area contributed by atoms with Crippen LogP contribution in [0.3, 0.4) is 0 Å². The van der Waals surface area contributed by atoms with Crippen molar-refractivity contribution in [3.8, 4) is 0 Å². The molecule has 2 N–H and O–H groups in total. The van der Waals surface area contributed by atoms with E-state index < -0.39 is 0 Å². The molecule has 4 nitrogen and oxygen atoms in total. The average Bonchev–Trinajstić information content (AvgIpc) is 2.65. The van der Waals surface area contributed by atoms with E-state index in [4.69, 9.17) is 22.7 Å². The van der Waals surface area contributed by atoms with Crippen molar-refractivity contribution in [2.24, 2.45) is 5.73 Å². The maximum Gasteiger partial charge on any atom is 0.186 e. The molecule has 0 radical (unpaired) electrons. The Kier molecular flexibility index (Phi) is 5.11. The van der Waals surface area contributed by atoms with Crippen molar-refractivity contribution in [1.82, 2.24) is 4.98 Å². The van der Waals surface area contributed by atoms with Gasteiger partial charge in [-0.15, -0.1) is 0 Å². The number of hydrogen-bond donors (Lipinski definition) is 1. The first-order valence-electron chi connectivity index (χ1n) is 5.17. The Bertz CT molecular complexity index is 361. The van der Waals surface area contributed by atoms with Crippen LogP contribution in [0, 0.1) is 0 Å². The molecule has 16 heavy (non-hydrogen) atoms. The first kappa shape index (κ1) is 13.3. The predicted octanol–water partition coefficient (Wildman–Crippen LogP) is 1.77. The third-order valence-corrected chi connectivity index (χ3v) is 3.75. The topological polar surface area (TPSA) is 51.4 Å². The molecule has 0 unspecified atom stereocenters. The summed E-state index contributed by atoms with van der Waals surface area (Å²) in [4.78, 5) is 7.94. The van der Waals surface area contributed by atoms with Crippen molar-refractivity contribution in [1.29, 1.82) is 0 Å². The third kappa shape index (κ3) is 2.90. The number of thiazole rings is 1. The van der Waals surface area contributed by atoms with Gasteiger partial charge in [0, 0.05) is 20.2 Å². The van der Waals surface area contributed by atoms with Gasteiger partial charge >= 0.3 is 0 Å². The third-order valence-electron chi connectivity index (χ3n) is 2.22. The summed E-state index contributed by atoms with van der Waals surface area (Å²) in [5.74, 6) is 0. The maximum atomic E-state index is 5.67. The molecule has 0 amide bonds. The van der Waals surface area contributed by atoms with Gasteiger partial charge in [-0.2, -0.15) is 0 Å². The lowest BCUT2D eigenvalue weighted by Crippen LogP contribution is -2.21. The second-order valence-electron chi connectivity index (χ2n) is 3.24. The molecule has 0 aliphatic rings. The van der Waals surface area contributed by atoms with Crippen LogP contribution < -0.4 is 10.6 Å². The minimum absolute atomic E-state index is 0.392. The van der Waals surface area contributed by atoms with E-state index in [1.165, 1.54) is 11.3 Å². The van der Waals surface area contributed by atoms with E-state index in [2.05, 4.69) is 23.7 Å². The fourth-order valence-corrected chi connectivity index (χ4v) is 2.69. The quantitative estimate of drug-likeness (QED) is 0.789. The highest BCUT2D eigenvalue weighted by Gasteiger charge is 2.15. The van der Waals surface area contributed by atoms with Crippen molar-refractivity contribution in [2.45, 2.75) is 20.5 Å². The Hall–Kier alpha value is -0.720. The number of nitrogens with zero attached hydrogens (tertiary/aromatic N) is 2. The molecule has 6 heteroatoms. The number of anilines is 1. The number of rotatable bonds is 6. The molecule has 1 heterocycles. The van der Waals surface area contributed by atoms with Gasteiger partial charge in [0.1, 0.15) is 4.99 Å². The van der Waals surface area contributed by atoms with Crippen molar-refractivity contribution in [3.63, 3.8) is 0 Å². The molecule has 0 atom stereocenters. The van der Waals surface area contributed by atoms with Gasteiger partial charge in [0.05, 0.1) is 17.2 Å². The number of hydrogen-bond acceptors (Lipinski definition) is 5. The Morgan fingerprint density at radius 2 is 2.12 bits per heavy atom. The smallest absolute Gasteiger partial charge is 0.186 e. The molecule has 0 aliphatic carbocycles. The zero-order chi connectivity index (χ0) is 12.1. The van der Waals surface area contributed by atoms with E-state index in [-0.39, 0.29) is 0 Å². The van der Waals surface area contributed by atoms with Crippen LogP contribution in [-0.2, 0) is 11.3 Å². The second kappa shape index (κ2) is 6.12. The lowest BCUT2D eigenvalue weighted by Gasteiger charge is -2.16. The molecule has 90 valence electrons. The molecule has 0 saturated heterocycles. The van der Waals surface area contributed by atoms with E-state index in [0.29, 0.717) is 11.6 Å². The average molecular weight is 259 g/mol. The van der Waals surface area contributed by atoms with Crippen LogP contribution in [0.1, 0.15) is 24.4 Å². The normalized spacial score (nSPS) is 10.4. The summed E-state index contributed by atoms with van der Waals surface area (Å²) in [7, 11) is 1.64. The number of nitrogens with two attached hydrogens (primary N) is 1. The van der Waals surface area contributed by atoms with Gasteiger partial charge in [0.25, 0.3) is 0 Å². The molecule has 0 spiro atoms. The first-order valence-corrected chi connectivity index (χ1v) is 6.39. The maximum absolute atomic E-state index is 5.67. The Labute approximate surface area is 105 Å². The van der Waals surface area contributed by atoms with Gasteiger partial charge in [-0.05, 0) is 13.8 Å². The Morgan fingerprint density at radius 1 is 1.50 bits per heavy atom. The van der Waals surface area contributed by atoms with Crippen LogP contribution in [0.25, 0.3) is 0 Å². The SMILES string of the molecule is CCN(CC)c1nc(COC)c(C(N)=S)s1. The summed E-state index contributed by atoms with van der Waals surface area (Å²) in [5, 5.41) is 0.958. The fourth-order valence-electron chi connectivity index (χ4n) is 1.40. The van der Waals surface area contributed by atoms with Crippen molar-refractivity contribution < 1.29 is 4.74 Å². The predicted molar refractivity (Wildman–Crippen MR) is 72.3 cm³/mol. The van der Waals surface area contributed by atoms with Crippen LogP contribution in [0.5, 0.6) is 0 Å². The molecule has 0 saturated carbocycles. The Balaban J connectivity index is 3.04. The van der Waals surface area contributed by atoms with Crippen LogP contribution in [-0.4, -0.2) is 30.2 Å². The van der Waals surface area contributed by atoms with E-state index in [0.717, 1.165) is 28.8 Å². The van der Waals surface area contributed by atoms with E-state index in [1.807, 2.05) is 0 Å². The number of aromatic nitrogens is 1. The first-order chi connectivity index (χ1) is 7.63.